The zero-order chi connectivity index (χ0) is 15.9. The van der Waals surface area contributed by atoms with Crippen LogP contribution in [-0.2, 0) is 0 Å². The summed E-state index contributed by atoms with van der Waals surface area (Å²) in [4.78, 5) is 10.1. The van der Waals surface area contributed by atoms with Gasteiger partial charge in [0.2, 0.25) is 0 Å². The number of hydrogen-bond donors (Lipinski definition) is 3. The van der Waals surface area contributed by atoms with E-state index in [0.29, 0.717) is 5.69 Å². The highest BCUT2D eigenvalue weighted by atomic mass is 16.6. The van der Waals surface area contributed by atoms with Crippen LogP contribution in [0.4, 0.5) is 22.7 Å². The molecular weight excluding hydrogens is 282 g/mol. The molecule has 0 amide bonds. The highest BCUT2D eigenvalue weighted by molar-refractivity contribution is 5.85. The summed E-state index contributed by atoms with van der Waals surface area (Å²) in [5, 5.41) is 20.9. The standard InChI is InChI=1S/C15H17N5O2/c1-16-14-8-3-11(9-15(14)17-2)10-18-19-12-4-6-13(7-5-12)20(21)22/h3-10,16-17,19H,1-2H3. The van der Waals surface area contributed by atoms with Gasteiger partial charge in [-0.25, -0.2) is 0 Å². The number of hydrazone groups is 1. The van der Waals surface area contributed by atoms with Gasteiger partial charge in [0.25, 0.3) is 5.69 Å². The van der Waals surface area contributed by atoms with Crippen molar-refractivity contribution in [1.29, 1.82) is 0 Å². The minimum Gasteiger partial charge on any atom is -0.386 e. The van der Waals surface area contributed by atoms with Crippen LogP contribution in [0.3, 0.4) is 0 Å². The minimum atomic E-state index is -0.435. The molecule has 0 radical (unpaired) electrons. The van der Waals surface area contributed by atoms with Crippen molar-refractivity contribution >= 4 is 29.0 Å². The van der Waals surface area contributed by atoms with Crippen LogP contribution in [0.25, 0.3) is 0 Å². The maximum absolute atomic E-state index is 10.6. The minimum absolute atomic E-state index is 0.0517. The molecule has 0 aliphatic carbocycles. The molecule has 2 aromatic rings. The third-order valence-corrected chi connectivity index (χ3v) is 3.07. The fourth-order valence-electron chi connectivity index (χ4n) is 1.91. The first-order valence-corrected chi connectivity index (χ1v) is 6.67. The number of nitro groups is 1. The summed E-state index contributed by atoms with van der Waals surface area (Å²) in [5.41, 5.74) is 6.48. The van der Waals surface area contributed by atoms with Crippen LogP contribution in [0, 0.1) is 10.1 Å². The highest BCUT2D eigenvalue weighted by Crippen LogP contribution is 2.21. The summed E-state index contributed by atoms with van der Waals surface area (Å²) in [6, 6.07) is 11.9. The van der Waals surface area contributed by atoms with Crippen molar-refractivity contribution in [2.45, 2.75) is 0 Å². The monoisotopic (exact) mass is 299 g/mol. The van der Waals surface area contributed by atoms with Crippen LogP contribution in [0.1, 0.15) is 5.56 Å². The molecule has 3 N–H and O–H groups in total. The topological polar surface area (TPSA) is 91.6 Å². The van der Waals surface area contributed by atoms with Crippen LogP contribution in [0.15, 0.2) is 47.6 Å². The molecule has 0 fully saturated rings. The highest BCUT2D eigenvalue weighted by Gasteiger charge is 2.03. The van der Waals surface area contributed by atoms with Gasteiger partial charge in [-0.1, -0.05) is 6.07 Å². The second-order valence-electron chi connectivity index (χ2n) is 4.48. The van der Waals surface area contributed by atoms with E-state index in [4.69, 9.17) is 0 Å². The molecule has 0 aliphatic rings. The Morgan fingerprint density at radius 1 is 1.05 bits per heavy atom. The molecule has 0 heterocycles. The fourth-order valence-corrected chi connectivity index (χ4v) is 1.91. The van der Waals surface area contributed by atoms with Crippen molar-refractivity contribution in [3.8, 4) is 0 Å². The number of rotatable bonds is 6. The molecule has 22 heavy (non-hydrogen) atoms. The summed E-state index contributed by atoms with van der Waals surface area (Å²) in [7, 11) is 3.71. The third-order valence-electron chi connectivity index (χ3n) is 3.07. The van der Waals surface area contributed by atoms with Crippen molar-refractivity contribution in [2.75, 3.05) is 30.2 Å². The molecule has 0 bridgehead atoms. The van der Waals surface area contributed by atoms with Gasteiger partial charge < -0.3 is 10.6 Å². The van der Waals surface area contributed by atoms with Crippen molar-refractivity contribution in [2.24, 2.45) is 5.10 Å². The number of nitrogens with zero attached hydrogens (tertiary/aromatic N) is 2. The molecule has 0 atom stereocenters. The molecule has 0 unspecified atom stereocenters. The maximum atomic E-state index is 10.6. The van der Waals surface area contributed by atoms with Crippen LogP contribution in [0.5, 0.6) is 0 Å². The van der Waals surface area contributed by atoms with Crippen LogP contribution in [0.2, 0.25) is 0 Å². The SMILES string of the molecule is CNc1ccc(C=NNc2ccc([N+](=O)[O-])cc2)cc1NC. The first-order valence-electron chi connectivity index (χ1n) is 6.67. The molecule has 0 saturated carbocycles. The van der Waals surface area contributed by atoms with Crippen molar-refractivity contribution < 1.29 is 4.92 Å². The lowest BCUT2D eigenvalue weighted by Gasteiger charge is -2.09. The van der Waals surface area contributed by atoms with Gasteiger partial charge in [-0.3, -0.25) is 15.5 Å². The number of benzene rings is 2. The summed E-state index contributed by atoms with van der Waals surface area (Å²) >= 11 is 0. The van der Waals surface area contributed by atoms with Crippen molar-refractivity contribution in [3.05, 3.63) is 58.1 Å². The Balaban J connectivity index is 2.04. The van der Waals surface area contributed by atoms with E-state index in [1.165, 1.54) is 12.1 Å². The average Bonchev–Trinajstić information content (AvgIpc) is 2.55. The first-order chi connectivity index (χ1) is 10.6. The number of nitro benzene ring substituents is 1. The lowest BCUT2D eigenvalue weighted by atomic mass is 10.2. The molecule has 0 spiro atoms. The predicted octanol–water partition coefficient (Wildman–Crippen LogP) is 3.12. The quantitative estimate of drug-likeness (QED) is 0.433. The molecule has 0 aliphatic heterocycles. The average molecular weight is 299 g/mol. The third kappa shape index (κ3) is 3.72. The Hall–Kier alpha value is -3.09. The smallest absolute Gasteiger partial charge is 0.269 e. The number of anilines is 3. The predicted molar refractivity (Wildman–Crippen MR) is 89.8 cm³/mol. The van der Waals surface area contributed by atoms with E-state index in [9.17, 15) is 10.1 Å². The molecule has 0 aromatic heterocycles. The van der Waals surface area contributed by atoms with Gasteiger partial charge in [0.05, 0.1) is 28.2 Å². The number of hydrogen-bond acceptors (Lipinski definition) is 6. The summed E-state index contributed by atoms with van der Waals surface area (Å²) < 4.78 is 0. The zero-order valence-electron chi connectivity index (χ0n) is 12.3. The van der Waals surface area contributed by atoms with Gasteiger partial charge in [0.1, 0.15) is 0 Å². The molecule has 7 heteroatoms. The number of non-ortho nitro benzene ring substituents is 1. The van der Waals surface area contributed by atoms with Crippen LogP contribution < -0.4 is 16.1 Å². The summed E-state index contributed by atoms with van der Waals surface area (Å²) in [5.74, 6) is 0. The second-order valence-corrected chi connectivity index (χ2v) is 4.48. The first kappa shape index (κ1) is 15.3. The number of nitrogens with one attached hydrogen (secondary N) is 3. The molecule has 0 saturated heterocycles. The lowest BCUT2D eigenvalue weighted by molar-refractivity contribution is -0.384. The van der Waals surface area contributed by atoms with Gasteiger partial charge in [-0.2, -0.15) is 5.10 Å². The van der Waals surface area contributed by atoms with Gasteiger partial charge in [-0.15, -0.1) is 0 Å². The summed E-state index contributed by atoms with van der Waals surface area (Å²) in [6.07, 6.45) is 1.68. The van der Waals surface area contributed by atoms with Gasteiger partial charge in [0.15, 0.2) is 0 Å². The molecule has 7 nitrogen and oxygen atoms in total. The molecule has 2 aromatic carbocycles. The van der Waals surface area contributed by atoms with E-state index in [2.05, 4.69) is 21.2 Å². The van der Waals surface area contributed by atoms with E-state index in [1.54, 1.807) is 18.3 Å². The Morgan fingerprint density at radius 2 is 1.73 bits per heavy atom. The van der Waals surface area contributed by atoms with Crippen molar-refractivity contribution in [3.63, 3.8) is 0 Å². The fraction of sp³-hybridized carbons (Fsp3) is 0.133. The zero-order valence-corrected chi connectivity index (χ0v) is 12.3. The van der Waals surface area contributed by atoms with E-state index in [1.807, 2.05) is 32.3 Å². The van der Waals surface area contributed by atoms with E-state index >= 15 is 0 Å². The van der Waals surface area contributed by atoms with E-state index in [0.717, 1.165) is 16.9 Å². The Bertz CT molecular complexity index is 683. The molecule has 2 rings (SSSR count). The second kappa shape index (κ2) is 7.07. The van der Waals surface area contributed by atoms with Gasteiger partial charge in [0, 0.05) is 26.2 Å². The normalized spacial score (nSPS) is 10.5. The Kier molecular flexibility index (Phi) is 4.92. The van der Waals surface area contributed by atoms with Gasteiger partial charge >= 0.3 is 0 Å². The molecular formula is C15H17N5O2. The van der Waals surface area contributed by atoms with E-state index in [-0.39, 0.29) is 5.69 Å². The Labute approximate surface area is 128 Å². The molecule has 114 valence electrons. The largest absolute Gasteiger partial charge is 0.386 e. The lowest BCUT2D eigenvalue weighted by Crippen LogP contribution is -1.98. The van der Waals surface area contributed by atoms with Crippen LogP contribution in [-0.4, -0.2) is 25.2 Å². The summed E-state index contributed by atoms with van der Waals surface area (Å²) in [6.45, 7) is 0. The Morgan fingerprint density at radius 3 is 2.32 bits per heavy atom. The van der Waals surface area contributed by atoms with Gasteiger partial charge in [-0.05, 0) is 29.8 Å². The van der Waals surface area contributed by atoms with Crippen LogP contribution >= 0.6 is 0 Å². The van der Waals surface area contributed by atoms with Crippen molar-refractivity contribution in [1.82, 2.24) is 0 Å². The maximum Gasteiger partial charge on any atom is 0.269 e. The van der Waals surface area contributed by atoms with E-state index < -0.39 is 4.92 Å².